The van der Waals surface area contributed by atoms with Crippen LogP contribution in [0.3, 0.4) is 0 Å². The fourth-order valence-electron chi connectivity index (χ4n) is 2.42. The molecule has 2 aliphatic rings. The molecule has 0 radical (unpaired) electrons. The van der Waals surface area contributed by atoms with Crippen molar-refractivity contribution in [3.63, 3.8) is 0 Å². The van der Waals surface area contributed by atoms with Crippen molar-refractivity contribution >= 4 is 0 Å². The molecule has 2 nitrogen and oxygen atoms in total. The predicted octanol–water partition coefficient (Wildman–Crippen LogP) is 4.02. The lowest BCUT2D eigenvalue weighted by molar-refractivity contribution is 0.1000. The zero-order valence-electron chi connectivity index (χ0n) is 12.4. The smallest absolute Gasteiger partial charge is 0.0795 e. The molecule has 108 valence electrons. The van der Waals surface area contributed by atoms with Gasteiger partial charge >= 0.3 is 0 Å². The molecule has 1 heterocycles. The summed E-state index contributed by atoms with van der Waals surface area (Å²) in [7, 11) is 1.83. The molecular formula is C15H30FNO. The Morgan fingerprint density at radius 1 is 1.22 bits per heavy atom. The minimum Gasteiger partial charge on any atom is -0.384 e. The quantitative estimate of drug-likeness (QED) is 0.756. The van der Waals surface area contributed by atoms with Gasteiger partial charge in [0.25, 0.3) is 0 Å². The minimum atomic E-state index is 0.250. The average molecular weight is 259 g/mol. The average Bonchev–Trinajstić information content (AvgIpc) is 3.14. The summed E-state index contributed by atoms with van der Waals surface area (Å²) in [5.41, 5.74) is 0.562. The van der Waals surface area contributed by atoms with Crippen molar-refractivity contribution in [2.45, 2.75) is 46.0 Å². The molecule has 0 spiro atoms. The molecule has 2 rings (SSSR count). The molecule has 1 saturated carbocycles. The maximum absolute atomic E-state index is 10.1. The molecule has 3 heteroatoms. The maximum atomic E-state index is 10.1. The third-order valence-corrected chi connectivity index (χ3v) is 3.42. The highest BCUT2D eigenvalue weighted by Crippen LogP contribution is 2.46. The Balaban J connectivity index is 0.000000509. The summed E-state index contributed by atoms with van der Waals surface area (Å²) in [6, 6.07) is 0. The molecule has 0 aromatic carbocycles. The first-order valence-corrected chi connectivity index (χ1v) is 7.19. The van der Waals surface area contributed by atoms with Crippen molar-refractivity contribution in [3.8, 4) is 0 Å². The lowest BCUT2D eigenvalue weighted by atomic mass is 10.1. The third-order valence-electron chi connectivity index (χ3n) is 3.42. The van der Waals surface area contributed by atoms with E-state index in [-0.39, 0.29) is 6.33 Å². The minimum absolute atomic E-state index is 0.250. The van der Waals surface area contributed by atoms with Crippen LogP contribution in [0.25, 0.3) is 0 Å². The Morgan fingerprint density at radius 3 is 2.11 bits per heavy atom. The summed E-state index contributed by atoms with van der Waals surface area (Å²) in [5.74, 6) is 0. The number of ether oxygens (including phenoxy) is 1. The van der Waals surface area contributed by atoms with Gasteiger partial charge in [0, 0.05) is 19.1 Å². The molecule has 0 unspecified atom stereocenters. The van der Waals surface area contributed by atoms with Gasteiger partial charge in [-0.05, 0) is 38.8 Å². The van der Waals surface area contributed by atoms with Crippen LogP contribution in [0.2, 0.25) is 0 Å². The van der Waals surface area contributed by atoms with E-state index in [1.54, 1.807) is 0 Å². The molecular weight excluding hydrogens is 229 g/mol. The molecule has 2 fully saturated rings. The lowest BCUT2D eigenvalue weighted by Crippen LogP contribution is -2.36. The zero-order valence-corrected chi connectivity index (χ0v) is 12.4. The molecule has 0 N–H and O–H groups in total. The van der Waals surface area contributed by atoms with E-state index in [1.807, 2.05) is 21.0 Å². The van der Waals surface area contributed by atoms with Gasteiger partial charge in [-0.1, -0.05) is 26.8 Å². The van der Waals surface area contributed by atoms with Gasteiger partial charge in [0.1, 0.15) is 0 Å². The number of halogens is 1. The van der Waals surface area contributed by atoms with E-state index in [2.05, 4.69) is 11.5 Å². The van der Waals surface area contributed by atoms with Gasteiger partial charge < -0.3 is 9.64 Å². The van der Waals surface area contributed by atoms with Crippen molar-refractivity contribution in [1.29, 1.82) is 0 Å². The van der Waals surface area contributed by atoms with E-state index in [4.69, 9.17) is 4.74 Å². The summed E-state index contributed by atoms with van der Waals surface area (Å²) in [6.07, 6.45) is 7.27. The highest BCUT2D eigenvalue weighted by molar-refractivity contribution is 4.95. The van der Waals surface area contributed by atoms with Gasteiger partial charge in [0.15, 0.2) is 0 Å². The third kappa shape index (κ3) is 7.12. The molecule has 1 aliphatic carbocycles. The Labute approximate surface area is 112 Å². The van der Waals surface area contributed by atoms with Crippen molar-refractivity contribution in [2.75, 3.05) is 33.4 Å². The largest absolute Gasteiger partial charge is 0.384 e. The van der Waals surface area contributed by atoms with Gasteiger partial charge in [-0.3, -0.25) is 0 Å². The van der Waals surface area contributed by atoms with Crippen LogP contribution in [-0.2, 0) is 4.74 Å². The summed E-state index contributed by atoms with van der Waals surface area (Å²) in [5, 5.41) is 0. The zero-order chi connectivity index (χ0) is 13.9. The maximum Gasteiger partial charge on any atom is 0.0795 e. The van der Waals surface area contributed by atoms with Crippen LogP contribution in [0, 0.1) is 5.41 Å². The number of likely N-dealkylation sites (tertiary alicyclic amines) is 1. The predicted molar refractivity (Wildman–Crippen MR) is 76.5 cm³/mol. The van der Waals surface area contributed by atoms with E-state index < -0.39 is 0 Å². The summed E-state index contributed by atoms with van der Waals surface area (Å²) in [6.45, 7) is 11.6. The SMILES string of the molecule is C=CF.CC.COCC1(CN2CCCCC2)CC1. The topological polar surface area (TPSA) is 12.5 Å². The fraction of sp³-hybridized carbons (Fsp3) is 0.867. The van der Waals surface area contributed by atoms with Gasteiger partial charge in [-0.25, -0.2) is 4.39 Å². The van der Waals surface area contributed by atoms with Crippen LogP contribution >= 0.6 is 0 Å². The second-order valence-electron chi connectivity index (χ2n) is 4.92. The molecule has 0 atom stereocenters. The van der Waals surface area contributed by atoms with Crippen molar-refractivity contribution < 1.29 is 9.13 Å². The van der Waals surface area contributed by atoms with Crippen LogP contribution in [0.4, 0.5) is 4.39 Å². The van der Waals surface area contributed by atoms with Gasteiger partial charge in [-0.2, -0.15) is 0 Å². The summed E-state index contributed by atoms with van der Waals surface area (Å²) >= 11 is 0. The Hall–Kier alpha value is -0.410. The van der Waals surface area contributed by atoms with Crippen LogP contribution in [0.5, 0.6) is 0 Å². The number of hydrogen-bond acceptors (Lipinski definition) is 2. The second kappa shape index (κ2) is 10.5. The van der Waals surface area contributed by atoms with Gasteiger partial charge in [0.2, 0.25) is 0 Å². The van der Waals surface area contributed by atoms with Crippen molar-refractivity contribution in [3.05, 3.63) is 12.9 Å². The van der Waals surface area contributed by atoms with Crippen molar-refractivity contribution in [1.82, 2.24) is 4.90 Å². The second-order valence-corrected chi connectivity index (χ2v) is 4.92. The summed E-state index contributed by atoms with van der Waals surface area (Å²) in [4.78, 5) is 2.63. The number of piperidine rings is 1. The first kappa shape index (κ1) is 17.6. The van der Waals surface area contributed by atoms with E-state index >= 15 is 0 Å². The highest BCUT2D eigenvalue weighted by Gasteiger charge is 2.43. The Morgan fingerprint density at radius 2 is 1.72 bits per heavy atom. The molecule has 1 saturated heterocycles. The van der Waals surface area contributed by atoms with Crippen molar-refractivity contribution in [2.24, 2.45) is 5.41 Å². The molecule has 18 heavy (non-hydrogen) atoms. The molecule has 0 aromatic heterocycles. The first-order valence-electron chi connectivity index (χ1n) is 7.19. The van der Waals surface area contributed by atoms with Crippen LogP contribution in [0.1, 0.15) is 46.0 Å². The van der Waals surface area contributed by atoms with Gasteiger partial charge in [-0.15, -0.1) is 0 Å². The number of methoxy groups -OCH3 is 1. The van der Waals surface area contributed by atoms with Crippen LogP contribution < -0.4 is 0 Å². The van der Waals surface area contributed by atoms with E-state index in [9.17, 15) is 4.39 Å². The monoisotopic (exact) mass is 259 g/mol. The Kier molecular flexibility index (Phi) is 10.3. The van der Waals surface area contributed by atoms with E-state index in [0.29, 0.717) is 5.41 Å². The summed E-state index contributed by atoms with van der Waals surface area (Å²) < 4.78 is 15.3. The van der Waals surface area contributed by atoms with E-state index in [1.165, 1.54) is 51.7 Å². The molecule has 0 bridgehead atoms. The van der Waals surface area contributed by atoms with Crippen LogP contribution in [-0.4, -0.2) is 38.3 Å². The normalized spacial score (nSPS) is 20.9. The first-order chi connectivity index (χ1) is 8.76. The Bertz CT molecular complexity index is 199. The molecule has 0 amide bonds. The molecule has 1 aliphatic heterocycles. The lowest BCUT2D eigenvalue weighted by Gasteiger charge is -2.30. The standard InChI is InChI=1S/C11H21NO.C2H3F.C2H6/c1-13-10-11(5-6-11)9-12-7-3-2-4-8-12;1-2-3;1-2/h2-10H2,1H3;2H,1H2;1-2H3. The number of hydrogen-bond donors (Lipinski definition) is 0. The van der Waals surface area contributed by atoms with E-state index in [0.717, 1.165) is 6.61 Å². The highest BCUT2D eigenvalue weighted by atomic mass is 19.1. The number of nitrogens with zero attached hydrogens (tertiary/aromatic N) is 1. The number of rotatable bonds is 4. The van der Waals surface area contributed by atoms with Gasteiger partial charge in [0.05, 0.1) is 12.9 Å². The fourth-order valence-corrected chi connectivity index (χ4v) is 2.42. The molecule has 0 aromatic rings. The van der Waals surface area contributed by atoms with Crippen LogP contribution in [0.15, 0.2) is 12.9 Å².